The van der Waals surface area contributed by atoms with Gasteiger partial charge in [-0.1, -0.05) is 20.8 Å². The van der Waals surface area contributed by atoms with E-state index >= 15 is 0 Å². The van der Waals surface area contributed by atoms with Crippen LogP contribution in [0.1, 0.15) is 34.6 Å². The second-order valence-electron chi connectivity index (χ2n) is 11.7. The van der Waals surface area contributed by atoms with Gasteiger partial charge in [0.05, 0.1) is 42.0 Å². The van der Waals surface area contributed by atoms with Gasteiger partial charge in [0.2, 0.25) is 9.76 Å². The predicted octanol–water partition coefficient (Wildman–Crippen LogP) is 2.74. The minimum Gasteiger partial charge on any atom is -0.465 e. The van der Waals surface area contributed by atoms with Crippen molar-refractivity contribution in [1.29, 1.82) is 0 Å². The van der Waals surface area contributed by atoms with Crippen LogP contribution in [0.3, 0.4) is 0 Å². The molecule has 2 saturated heterocycles. The molecule has 12 nitrogen and oxygen atoms in total. The third kappa shape index (κ3) is 10.9. The van der Waals surface area contributed by atoms with Crippen LogP contribution in [0.15, 0.2) is 36.7 Å². The molecule has 0 spiro atoms. The van der Waals surface area contributed by atoms with E-state index < -0.39 is 11.7 Å². The lowest BCUT2D eigenvalue weighted by Crippen LogP contribution is -2.63. The number of pyridine rings is 2. The Hall–Kier alpha value is -2.55. The van der Waals surface area contributed by atoms with Crippen molar-refractivity contribution in [2.75, 3.05) is 67.1 Å². The molecule has 0 aromatic carbocycles. The topological polar surface area (TPSA) is 166 Å². The molecule has 4 rings (SSSR count). The van der Waals surface area contributed by atoms with E-state index in [1.807, 2.05) is 26.0 Å². The van der Waals surface area contributed by atoms with Crippen LogP contribution in [0.4, 0.5) is 27.8 Å². The molecule has 0 saturated carbocycles. The van der Waals surface area contributed by atoms with Crippen LogP contribution in [0.25, 0.3) is 0 Å². The molecule has 0 unspecified atom stereocenters. The lowest BCUT2D eigenvalue weighted by Gasteiger charge is -2.48. The van der Waals surface area contributed by atoms with Gasteiger partial charge in [-0.15, -0.1) is 24.8 Å². The van der Waals surface area contributed by atoms with Gasteiger partial charge in [0.15, 0.2) is 0 Å². The molecule has 0 bridgehead atoms. The smallest absolute Gasteiger partial charge is 0.407 e. The minimum absolute atomic E-state index is 0. The van der Waals surface area contributed by atoms with Gasteiger partial charge in [-0.25, -0.2) is 14.8 Å². The largest absolute Gasteiger partial charge is 0.465 e. The van der Waals surface area contributed by atoms with Crippen molar-refractivity contribution in [3.8, 4) is 0 Å². The molecule has 2 aromatic heterocycles. The van der Waals surface area contributed by atoms with Gasteiger partial charge in [-0.2, -0.15) is 0 Å². The normalized spacial score (nSPS) is 19.1. The maximum Gasteiger partial charge on any atom is 0.407 e. The van der Waals surface area contributed by atoms with E-state index in [9.17, 15) is 9.90 Å². The second kappa shape index (κ2) is 16.3. The predicted molar refractivity (Wildman–Crippen MR) is 174 cm³/mol. The molecule has 1 amide bonds. The van der Waals surface area contributed by atoms with E-state index in [1.165, 1.54) is 4.90 Å². The highest BCUT2D eigenvalue weighted by Crippen LogP contribution is 2.30. The van der Waals surface area contributed by atoms with Gasteiger partial charge in [0, 0.05) is 45.3 Å². The van der Waals surface area contributed by atoms with Crippen LogP contribution in [-0.2, 0) is 4.43 Å². The summed E-state index contributed by atoms with van der Waals surface area (Å²) in [7, 11) is 0.291. The summed E-state index contributed by atoms with van der Waals surface area (Å²) in [6, 6.07) is 7.31. The number of aliphatic hydroxyl groups is 1. The molecule has 7 N–H and O–H groups in total. The fourth-order valence-corrected chi connectivity index (χ4v) is 5.25. The number of aromatic nitrogens is 2. The van der Waals surface area contributed by atoms with Gasteiger partial charge in [0.1, 0.15) is 11.6 Å². The zero-order valence-corrected chi connectivity index (χ0v) is 27.6. The van der Waals surface area contributed by atoms with Crippen molar-refractivity contribution < 1.29 is 19.4 Å². The fraction of sp³-hybridized carbons (Fsp3) is 0.593. The van der Waals surface area contributed by atoms with E-state index in [0.717, 1.165) is 31.0 Å². The molecule has 42 heavy (non-hydrogen) atoms. The summed E-state index contributed by atoms with van der Waals surface area (Å²) < 4.78 is 6.18. The quantitative estimate of drug-likeness (QED) is 0.293. The standard InChI is InChI=1S/C17H28N4O3Si.C10H16N4O.2ClH/c1-16(2,3)25-24-17(4,5)13-11-20(8-9-21(13)15(22)23)12-6-7-14(18)19-10-12;11-10-2-1-9(5-13-10)14-4-3-12-8(6-14)7-15;;/h6-7,10,13H,8-9,11H2,1-5H3,(H2,18,19)(H,22,23);1-2,5,8,12,15H,3-4,6-7H2,(H2,11,13);2*1H/t13-;8-;;/m11../s1. The van der Waals surface area contributed by atoms with Gasteiger partial charge >= 0.3 is 6.09 Å². The lowest BCUT2D eigenvalue weighted by molar-refractivity contribution is 0.000808. The Balaban J connectivity index is 0.000000446. The maximum absolute atomic E-state index is 11.7. The Labute approximate surface area is 264 Å². The first-order chi connectivity index (χ1) is 18.8. The number of amides is 1. The van der Waals surface area contributed by atoms with Crippen LogP contribution in [0, 0.1) is 0 Å². The third-order valence-corrected chi connectivity index (χ3v) is 8.04. The molecule has 2 fully saturated rings. The Morgan fingerprint density at radius 2 is 1.52 bits per heavy atom. The molecule has 2 aromatic rings. The summed E-state index contributed by atoms with van der Waals surface area (Å²) >= 11 is 0. The van der Waals surface area contributed by atoms with Crippen LogP contribution in [-0.4, -0.2) is 104 Å². The average Bonchev–Trinajstić information content (AvgIpc) is 2.92. The first-order valence-electron chi connectivity index (χ1n) is 13.5. The number of halogens is 2. The van der Waals surface area contributed by atoms with Crippen molar-refractivity contribution in [3.05, 3.63) is 36.7 Å². The number of aliphatic hydroxyl groups excluding tert-OH is 1. The van der Waals surface area contributed by atoms with Crippen molar-refractivity contribution in [2.45, 2.75) is 57.3 Å². The van der Waals surface area contributed by atoms with E-state index in [-0.39, 0.29) is 48.5 Å². The van der Waals surface area contributed by atoms with Crippen LogP contribution in [0.5, 0.6) is 0 Å². The number of hydrogen-bond acceptors (Lipinski definition) is 10. The number of nitrogens with zero attached hydrogens (tertiary/aromatic N) is 5. The molecule has 15 heteroatoms. The minimum atomic E-state index is -0.907. The Morgan fingerprint density at radius 1 is 0.976 bits per heavy atom. The van der Waals surface area contributed by atoms with Crippen molar-refractivity contribution in [1.82, 2.24) is 20.2 Å². The highest BCUT2D eigenvalue weighted by molar-refractivity contribution is 6.31. The number of piperazine rings is 2. The summed E-state index contributed by atoms with van der Waals surface area (Å²) in [5, 5.41) is 22.0. The number of nitrogens with two attached hydrogens (primary N) is 2. The number of anilines is 4. The second-order valence-corrected chi connectivity index (χ2v) is 13.6. The highest BCUT2D eigenvalue weighted by atomic mass is 35.5. The number of carboxylic acid groups (broad SMARTS) is 1. The summed E-state index contributed by atoms with van der Waals surface area (Å²) in [6.07, 6.45) is 2.60. The Kier molecular flexibility index (Phi) is 14.6. The Bertz CT molecular complexity index is 1090. The summed E-state index contributed by atoms with van der Waals surface area (Å²) in [5.41, 5.74) is 12.6. The number of rotatable bonds is 6. The molecule has 236 valence electrons. The number of hydrogen-bond donors (Lipinski definition) is 5. The molecule has 4 heterocycles. The highest BCUT2D eigenvalue weighted by Gasteiger charge is 2.42. The molecular weight excluding hydrogens is 599 g/mol. The zero-order valence-electron chi connectivity index (χ0n) is 25.0. The van der Waals surface area contributed by atoms with Gasteiger partial charge in [-0.05, 0) is 43.2 Å². The fourth-order valence-electron chi connectivity index (χ4n) is 4.55. The summed E-state index contributed by atoms with van der Waals surface area (Å²) in [4.78, 5) is 25.8. The summed E-state index contributed by atoms with van der Waals surface area (Å²) in [5.74, 6) is 1.01. The van der Waals surface area contributed by atoms with E-state index in [4.69, 9.17) is 21.0 Å². The van der Waals surface area contributed by atoms with Crippen molar-refractivity contribution in [2.24, 2.45) is 0 Å². The van der Waals surface area contributed by atoms with Crippen LogP contribution in [0.2, 0.25) is 5.04 Å². The van der Waals surface area contributed by atoms with Crippen molar-refractivity contribution >= 4 is 63.7 Å². The lowest BCUT2D eigenvalue weighted by atomic mass is 9.95. The zero-order chi connectivity index (χ0) is 29.5. The van der Waals surface area contributed by atoms with Crippen molar-refractivity contribution in [3.63, 3.8) is 0 Å². The number of nitrogen functional groups attached to an aromatic ring is 2. The number of nitrogens with one attached hydrogen (secondary N) is 1. The van der Waals surface area contributed by atoms with Gasteiger partial charge in [-0.3, -0.25) is 4.90 Å². The molecule has 2 aliphatic heterocycles. The van der Waals surface area contributed by atoms with E-state index in [2.05, 4.69) is 45.9 Å². The number of carbonyl (C=O) groups is 1. The average molecular weight is 646 g/mol. The molecule has 2 aliphatic rings. The molecular formula is C27H46Cl2N8O4Si. The van der Waals surface area contributed by atoms with Crippen LogP contribution < -0.4 is 26.6 Å². The van der Waals surface area contributed by atoms with E-state index in [0.29, 0.717) is 41.0 Å². The summed E-state index contributed by atoms with van der Waals surface area (Å²) in [6.45, 7) is 14.7. The molecule has 2 radical (unpaired) electrons. The van der Waals surface area contributed by atoms with E-state index in [1.54, 1.807) is 24.5 Å². The molecule has 0 aliphatic carbocycles. The third-order valence-electron chi connectivity index (χ3n) is 6.80. The monoisotopic (exact) mass is 644 g/mol. The SMILES string of the molecule is CC(C)(C)[Si]OC(C)(C)[C@H]1CN(c2ccc(N)nc2)CCN1C(=O)O.Cl.Cl.Nc1ccc(N2CCN[C@@H](CO)C2)cn1. The first-order valence-corrected chi connectivity index (χ1v) is 14.4. The van der Waals surface area contributed by atoms with Gasteiger partial charge in [0.25, 0.3) is 0 Å². The van der Waals surface area contributed by atoms with Crippen LogP contribution >= 0.6 is 24.8 Å². The maximum atomic E-state index is 11.7. The Morgan fingerprint density at radius 3 is 1.98 bits per heavy atom. The first kappa shape index (κ1) is 37.5. The van der Waals surface area contributed by atoms with Gasteiger partial charge < -0.3 is 41.2 Å². The molecule has 2 atom stereocenters.